The lowest BCUT2D eigenvalue weighted by Gasteiger charge is -2.20. The first-order chi connectivity index (χ1) is 5.55. The van der Waals surface area contributed by atoms with Crippen molar-refractivity contribution in [1.29, 1.82) is 0 Å². The van der Waals surface area contributed by atoms with Gasteiger partial charge in [-0.2, -0.15) is 13.2 Å². The van der Waals surface area contributed by atoms with Gasteiger partial charge in [-0.05, 0) is 0 Å². The topological polar surface area (TPSA) is 49.3 Å². The summed E-state index contributed by atoms with van der Waals surface area (Å²) >= 11 is 14.9. The Morgan fingerprint density at radius 2 is 1.69 bits per heavy atom. The highest BCUT2D eigenvalue weighted by molar-refractivity contribution is 6.68. The largest absolute Gasteiger partial charge is 0.471 e. The van der Waals surface area contributed by atoms with Crippen LogP contribution in [0.25, 0.3) is 0 Å². The first kappa shape index (κ1) is 13.1. The fourth-order valence-electron chi connectivity index (χ4n) is 0.288. The molecule has 1 amide bonds. The minimum Gasteiger partial charge on any atom is -0.369 e. The lowest BCUT2D eigenvalue weighted by Crippen LogP contribution is -2.48. The minimum absolute atomic E-state index is 1.06. The second-order valence-electron chi connectivity index (χ2n) is 1.92. The zero-order valence-corrected chi connectivity index (χ0v) is 7.97. The minimum atomic E-state index is -5.13. The van der Waals surface area contributed by atoms with Gasteiger partial charge >= 0.3 is 12.1 Å². The smallest absolute Gasteiger partial charge is 0.369 e. The second kappa shape index (κ2) is 4.08. The molecule has 0 saturated heterocycles. The third-order valence-electron chi connectivity index (χ3n) is 0.835. The Kier molecular flexibility index (Phi) is 4.11. The van der Waals surface area contributed by atoms with E-state index in [2.05, 4.69) is 0 Å². The van der Waals surface area contributed by atoms with Crippen LogP contribution < -0.4 is 5.32 Å². The van der Waals surface area contributed by atoms with Crippen LogP contribution in [-0.4, -0.2) is 27.2 Å². The number of aliphatic hydroxyl groups excluding tert-OH is 1. The normalized spacial score (nSPS) is 15.3. The van der Waals surface area contributed by atoms with Crippen LogP contribution in [0.2, 0.25) is 0 Å². The molecule has 78 valence electrons. The van der Waals surface area contributed by atoms with Gasteiger partial charge in [-0.1, -0.05) is 34.8 Å². The van der Waals surface area contributed by atoms with Crippen LogP contribution in [0, 0.1) is 0 Å². The molecule has 9 heteroatoms. The zero-order chi connectivity index (χ0) is 10.9. The summed E-state index contributed by atoms with van der Waals surface area (Å²) < 4.78 is 32.2. The van der Waals surface area contributed by atoms with Crippen LogP contribution in [0.15, 0.2) is 0 Å². The summed E-state index contributed by atoms with van der Waals surface area (Å²) in [5, 5.41) is 9.75. The van der Waals surface area contributed by atoms with Gasteiger partial charge in [0.05, 0.1) is 0 Å². The molecule has 1 atom stereocenters. The predicted octanol–water partition coefficient (Wildman–Crippen LogP) is 1.35. The molecule has 0 spiro atoms. The monoisotopic (exact) mass is 259 g/mol. The molecular weight excluding hydrogens is 257 g/mol. The van der Waals surface area contributed by atoms with E-state index in [1.165, 1.54) is 0 Å². The third kappa shape index (κ3) is 4.75. The molecule has 0 aromatic rings. The maximum Gasteiger partial charge on any atom is 0.471 e. The number of halogens is 6. The molecular formula is C4H3Cl3F3NO2. The molecule has 13 heavy (non-hydrogen) atoms. The van der Waals surface area contributed by atoms with E-state index >= 15 is 0 Å². The third-order valence-corrected chi connectivity index (χ3v) is 1.46. The Bertz CT molecular complexity index is 202. The summed E-state index contributed by atoms with van der Waals surface area (Å²) in [5.41, 5.74) is 0. The highest BCUT2D eigenvalue weighted by Crippen LogP contribution is 2.29. The number of carbonyl (C=O) groups is 1. The Morgan fingerprint density at radius 3 is 1.92 bits per heavy atom. The molecule has 0 aliphatic rings. The lowest BCUT2D eigenvalue weighted by molar-refractivity contribution is -0.176. The average Bonchev–Trinajstić information content (AvgIpc) is 1.82. The summed E-state index contributed by atoms with van der Waals surface area (Å²) in [5.74, 6) is -2.38. The van der Waals surface area contributed by atoms with Crippen molar-refractivity contribution in [2.75, 3.05) is 0 Å². The standard InChI is InChI=1S/C4H3Cl3F3NO2/c5-3(6,7)1(12)11-2(13)4(8,9)10/h1,12H,(H,11,13). The van der Waals surface area contributed by atoms with Gasteiger partial charge in [-0.15, -0.1) is 0 Å². The predicted molar refractivity (Wildman–Crippen MR) is 40.5 cm³/mol. The molecule has 0 radical (unpaired) electrons. The summed E-state index contributed by atoms with van der Waals surface area (Å²) in [6.45, 7) is 0. The van der Waals surface area contributed by atoms with E-state index in [9.17, 15) is 18.0 Å². The molecule has 2 N–H and O–H groups in total. The van der Waals surface area contributed by atoms with Crippen LogP contribution in [0.3, 0.4) is 0 Å². The van der Waals surface area contributed by atoms with Crippen molar-refractivity contribution >= 4 is 40.7 Å². The number of carbonyl (C=O) groups excluding carboxylic acids is 1. The second-order valence-corrected chi connectivity index (χ2v) is 4.28. The van der Waals surface area contributed by atoms with E-state index in [1.54, 1.807) is 0 Å². The van der Waals surface area contributed by atoms with Gasteiger partial charge in [-0.3, -0.25) is 4.79 Å². The molecule has 3 nitrogen and oxygen atoms in total. The molecule has 0 aromatic carbocycles. The quantitative estimate of drug-likeness (QED) is 0.552. The maximum absolute atomic E-state index is 11.5. The van der Waals surface area contributed by atoms with Crippen molar-refractivity contribution in [3.8, 4) is 0 Å². The van der Waals surface area contributed by atoms with Crippen molar-refractivity contribution < 1.29 is 23.1 Å². The first-order valence-electron chi connectivity index (χ1n) is 2.67. The van der Waals surface area contributed by atoms with Gasteiger partial charge in [-0.25, -0.2) is 0 Å². The van der Waals surface area contributed by atoms with Gasteiger partial charge < -0.3 is 10.4 Å². The molecule has 0 saturated carbocycles. The Hall–Kier alpha value is 0.0900. The van der Waals surface area contributed by atoms with E-state index in [0.29, 0.717) is 0 Å². The van der Waals surface area contributed by atoms with Crippen molar-refractivity contribution in [3.63, 3.8) is 0 Å². The van der Waals surface area contributed by atoms with Crippen LogP contribution in [0.4, 0.5) is 13.2 Å². The Labute approximate surface area is 85.7 Å². The molecule has 1 unspecified atom stereocenters. The van der Waals surface area contributed by atoms with Crippen LogP contribution in [0.1, 0.15) is 0 Å². The van der Waals surface area contributed by atoms with Crippen LogP contribution in [0.5, 0.6) is 0 Å². The van der Waals surface area contributed by atoms with E-state index in [0.717, 1.165) is 5.32 Å². The van der Waals surface area contributed by atoms with Gasteiger partial charge in [0, 0.05) is 0 Å². The maximum atomic E-state index is 11.5. The van der Waals surface area contributed by atoms with E-state index in [4.69, 9.17) is 39.9 Å². The van der Waals surface area contributed by atoms with Crippen LogP contribution >= 0.6 is 34.8 Å². The molecule has 0 fully saturated rings. The van der Waals surface area contributed by atoms with Crippen LogP contribution in [-0.2, 0) is 4.79 Å². The Morgan fingerprint density at radius 1 is 1.31 bits per heavy atom. The molecule has 0 aromatic heterocycles. The highest BCUT2D eigenvalue weighted by Gasteiger charge is 2.43. The molecule has 0 bridgehead atoms. The van der Waals surface area contributed by atoms with E-state index in [1.807, 2.05) is 0 Å². The Balaban J connectivity index is 4.24. The number of nitrogens with one attached hydrogen (secondary N) is 1. The van der Waals surface area contributed by atoms with Gasteiger partial charge in [0.15, 0.2) is 6.23 Å². The lowest BCUT2D eigenvalue weighted by atomic mass is 10.5. The number of alkyl halides is 6. The van der Waals surface area contributed by atoms with Gasteiger partial charge in [0.2, 0.25) is 3.79 Å². The molecule has 0 aliphatic carbocycles. The summed E-state index contributed by atoms with van der Waals surface area (Å²) in [4.78, 5) is 10.1. The van der Waals surface area contributed by atoms with Crippen molar-refractivity contribution in [3.05, 3.63) is 0 Å². The number of aliphatic hydroxyl groups is 1. The average molecular weight is 260 g/mol. The van der Waals surface area contributed by atoms with Crippen molar-refractivity contribution in [2.24, 2.45) is 0 Å². The molecule has 0 heterocycles. The fourth-order valence-corrected chi connectivity index (χ4v) is 0.452. The summed E-state index contributed by atoms with van der Waals surface area (Å²) in [6.07, 6.45) is -7.34. The van der Waals surface area contributed by atoms with E-state index < -0.39 is 22.1 Å². The summed E-state index contributed by atoms with van der Waals surface area (Å²) in [6, 6.07) is 0. The fraction of sp³-hybridized carbons (Fsp3) is 0.750. The molecule has 0 rings (SSSR count). The van der Waals surface area contributed by atoms with Gasteiger partial charge in [0.1, 0.15) is 0 Å². The molecule has 0 aliphatic heterocycles. The van der Waals surface area contributed by atoms with Crippen molar-refractivity contribution in [1.82, 2.24) is 5.32 Å². The number of hydrogen-bond donors (Lipinski definition) is 2. The van der Waals surface area contributed by atoms with Gasteiger partial charge in [0.25, 0.3) is 0 Å². The van der Waals surface area contributed by atoms with Crippen molar-refractivity contribution in [2.45, 2.75) is 16.2 Å². The number of hydrogen-bond acceptors (Lipinski definition) is 2. The highest BCUT2D eigenvalue weighted by atomic mass is 35.6. The summed E-state index contributed by atoms with van der Waals surface area (Å²) in [7, 11) is 0. The first-order valence-corrected chi connectivity index (χ1v) is 3.81. The van der Waals surface area contributed by atoms with E-state index in [-0.39, 0.29) is 0 Å². The SMILES string of the molecule is O=C(NC(O)C(Cl)(Cl)Cl)C(F)(F)F. The number of rotatable bonds is 1. The zero-order valence-electron chi connectivity index (χ0n) is 5.70. The number of amides is 1.